The molecule has 0 saturated heterocycles. The SMILES string of the molecule is N#Cc1cc(COc2cccc(Cl)c2C#N)ccc1F. The van der Waals surface area contributed by atoms with E-state index in [2.05, 4.69) is 0 Å². The van der Waals surface area contributed by atoms with Crippen LogP contribution in [0.2, 0.25) is 5.02 Å². The maximum absolute atomic E-state index is 13.2. The van der Waals surface area contributed by atoms with Crippen molar-refractivity contribution in [3.8, 4) is 17.9 Å². The first-order chi connectivity index (χ1) is 9.65. The normalized spacial score (nSPS) is 9.60. The molecule has 0 amide bonds. The Morgan fingerprint density at radius 1 is 1.15 bits per heavy atom. The van der Waals surface area contributed by atoms with Crippen LogP contribution in [-0.2, 0) is 6.61 Å². The van der Waals surface area contributed by atoms with Crippen molar-refractivity contribution in [3.63, 3.8) is 0 Å². The summed E-state index contributed by atoms with van der Waals surface area (Å²) in [5.74, 6) is -0.223. The van der Waals surface area contributed by atoms with Gasteiger partial charge in [0.15, 0.2) is 0 Å². The highest BCUT2D eigenvalue weighted by atomic mass is 35.5. The Kier molecular flexibility index (Phi) is 4.20. The van der Waals surface area contributed by atoms with Crippen LogP contribution in [0.3, 0.4) is 0 Å². The number of benzene rings is 2. The van der Waals surface area contributed by atoms with Gasteiger partial charge in [-0.15, -0.1) is 0 Å². The fourth-order valence-electron chi connectivity index (χ4n) is 1.64. The van der Waals surface area contributed by atoms with E-state index in [4.69, 9.17) is 26.9 Å². The summed E-state index contributed by atoms with van der Waals surface area (Å²) in [5.41, 5.74) is 0.835. The molecule has 0 aliphatic carbocycles. The summed E-state index contributed by atoms with van der Waals surface area (Å²) < 4.78 is 18.7. The molecule has 0 heterocycles. The monoisotopic (exact) mass is 286 g/mol. The molecular formula is C15H8ClFN2O. The van der Waals surface area contributed by atoms with E-state index in [0.717, 1.165) is 0 Å². The average Bonchev–Trinajstić information content (AvgIpc) is 2.46. The highest BCUT2D eigenvalue weighted by Crippen LogP contribution is 2.26. The van der Waals surface area contributed by atoms with E-state index in [1.165, 1.54) is 18.2 Å². The molecule has 0 spiro atoms. The predicted octanol–water partition coefficient (Wildman–Crippen LogP) is 3.80. The van der Waals surface area contributed by atoms with Crippen molar-refractivity contribution in [2.24, 2.45) is 0 Å². The Balaban J connectivity index is 2.20. The van der Waals surface area contributed by atoms with Gasteiger partial charge in [-0.25, -0.2) is 4.39 Å². The summed E-state index contributed by atoms with van der Waals surface area (Å²) in [6.07, 6.45) is 0. The van der Waals surface area contributed by atoms with Crippen molar-refractivity contribution in [2.75, 3.05) is 0 Å². The maximum Gasteiger partial charge on any atom is 0.140 e. The minimum absolute atomic E-state index is 0.0438. The van der Waals surface area contributed by atoms with Crippen LogP contribution in [0.5, 0.6) is 5.75 Å². The molecule has 5 heteroatoms. The van der Waals surface area contributed by atoms with Crippen LogP contribution < -0.4 is 4.74 Å². The molecule has 0 atom stereocenters. The zero-order chi connectivity index (χ0) is 14.5. The van der Waals surface area contributed by atoms with Crippen LogP contribution in [0.25, 0.3) is 0 Å². The van der Waals surface area contributed by atoms with Crippen LogP contribution in [0.15, 0.2) is 36.4 Å². The molecule has 0 aliphatic heterocycles. The van der Waals surface area contributed by atoms with E-state index in [1.807, 2.05) is 6.07 Å². The van der Waals surface area contributed by atoms with Crippen molar-refractivity contribution in [2.45, 2.75) is 6.61 Å². The number of hydrogen-bond donors (Lipinski definition) is 0. The van der Waals surface area contributed by atoms with Gasteiger partial charge >= 0.3 is 0 Å². The molecule has 0 aliphatic rings. The zero-order valence-corrected chi connectivity index (χ0v) is 11.0. The molecule has 0 aromatic heterocycles. The van der Waals surface area contributed by atoms with Gasteiger partial charge in [-0.1, -0.05) is 23.7 Å². The Morgan fingerprint density at radius 2 is 1.95 bits per heavy atom. The first kappa shape index (κ1) is 13.9. The molecular weight excluding hydrogens is 279 g/mol. The number of ether oxygens (including phenoxy) is 1. The minimum atomic E-state index is -0.572. The lowest BCUT2D eigenvalue weighted by Gasteiger charge is -2.09. The summed E-state index contributed by atoms with van der Waals surface area (Å²) in [7, 11) is 0. The number of halogens is 2. The molecule has 0 fully saturated rings. The smallest absolute Gasteiger partial charge is 0.140 e. The fraction of sp³-hybridized carbons (Fsp3) is 0.0667. The van der Waals surface area contributed by atoms with Gasteiger partial charge in [0.25, 0.3) is 0 Å². The Hall–Kier alpha value is -2.56. The van der Waals surface area contributed by atoms with Crippen molar-refractivity contribution in [1.82, 2.24) is 0 Å². The molecule has 0 radical (unpaired) electrons. The van der Waals surface area contributed by atoms with Crippen LogP contribution >= 0.6 is 11.6 Å². The Labute approximate surface area is 120 Å². The summed E-state index contributed by atoms with van der Waals surface area (Å²) in [5, 5.41) is 18.1. The molecule has 20 heavy (non-hydrogen) atoms. The second-order valence-corrected chi connectivity index (χ2v) is 4.35. The summed E-state index contributed by atoms with van der Waals surface area (Å²) in [4.78, 5) is 0. The largest absolute Gasteiger partial charge is 0.487 e. The second kappa shape index (κ2) is 6.06. The lowest BCUT2D eigenvalue weighted by molar-refractivity contribution is 0.305. The average molecular weight is 287 g/mol. The number of nitrogens with zero attached hydrogens (tertiary/aromatic N) is 2. The van der Waals surface area contributed by atoms with Gasteiger partial charge in [-0.3, -0.25) is 0 Å². The lowest BCUT2D eigenvalue weighted by Crippen LogP contribution is -1.99. The predicted molar refractivity (Wildman–Crippen MR) is 71.6 cm³/mol. The van der Waals surface area contributed by atoms with Gasteiger partial charge in [0.2, 0.25) is 0 Å². The first-order valence-electron chi connectivity index (χ1n) is 5.65. The molecule has 2 rings (SSSR count). The lowest BCUT2D eigenvalue weighted by atomic mass is 10.1. The van der Waals surface area contributed by atoms with Crippen LogP contribution in [0.1, 0.15) is 16.7 Å². The van der Waals surface area contributed by atoms with E-state index in [9.17, 15) is 4.39 Å². The van der Waals surface area contributed by atoms with Gasteiger partial charge < -0.3 is 4.74 Å². The molecule has 0 bridgehead atoms. The summed E-state index contributed by atoms with van der Waals surface area (Å²) in [6, 6.07) is 12.8. The van der Waals surface area contributed by atoms with Gasteiger partial charge in [-0.2, -0.15) is 10.5 Å². The second-order valence-electron chi connectivity index (χ2n) is 3.94. The maximum atomic E-state index is 13.2. The third-order valence-electron chi connectivity index (χ3n) is 2.63. The van der Waals surface area contributed by atoms with E-state index < -0.39 is 5.82 Å². The molecule has 0 N–H and O–H groups in total. The Morgan fingerprint density at radius 3 is 2.65 bits per heavy atom. The molecule has 3 nitrogen and oxygen atoms in total. The summed E-state index contributed by atoms with van der Waals surface area (Å²) >= 11 is 5.88. The molecule has 0 unspecified atom stereocenters. The fourth-order valence-corrected chi connectivity index (χ4v) is 1.85. The van der Waals surface area contributed by atoms with Crippen LogP contribution in [0, 0.1) is 28.5 Å². The molecule has 2 aromatic rings. The van der Waals surface area contributed by atoms with Crippen molar-refractivity contribution in [1.29, 1.82) is 10.5 Å². The van der Waals surface area contributed by atoms with Gasteiger partial charge in [0.1, 0.15) is 35.9 Å². The zero-order valence-electron chi connectivity index (χ0n) is 10.2. The van der Waals surface area contributed by atoms with Crippen LogP contribution in [0.4, 0.5) is 4.39 Å². The minimum Gasteiger partial charge on any atom is -0.487 e. The van der Waals surface area contributed by atoms with Gasteiger partial charge in [-0.05, 0) is 29.8 Å². The number of hydrogen-bond acceptors (Lipinski definition) is 3. The third kappa shape index (κ3) is 2.88. The third-order valence-corrected chi connectivity index (χ3v) is 2.95. The quantitative estimate of drug-likeness (QED) is 0.862. The molecule has 98 valence electrons. The number of nitriles is 2. The van der Waals surface area contributed by atoms with E-state index in [0.29, 0.717) is 16.3 Å². The van der Waals surface area contributed by atoms with Crippen LogP contribution in [-0.4, -0.2) is 0 Å². The topological polar surface area (TPSA) is 56.8 Å². The Bertz CT molecular complexity index is 732. The summed E-state index contributed by atoms with van der Waals surface area (Å²) in [6.45, 7) is 0.115. The highest BCUT2D eigenvalue weighted by molar-refractivity contribution is 6.31. The standard InChI is InChI=1S/C15H8ClFN2O/c16-13-2-1-3-15(12(13)8-19)20-9-10-4-5-14(17)11(6-10)7-18/h1-6H,9H2. The van der Waals surface area contributed by atoms with Crippen molar-refractivity contribution in [3.05, 3.63) is 63.9 Å². The van der Waals surface area contributed by atoms with Gasteiger partial charge in [0, 0.05) is 0 Å². The van der Waals surface area contributed by atoms with E-state index in [1.54, 1.807) is 24.3 Å². The molecule has 2 aromatic carbocycles. The highest BCUT2D eigenvalue weighted by Gasteiger charge is 2.08. The van der Waals surface area contributed by atoms with Crippen molar-refractivity contribution < 1.29 is 9.13 Å². The van der Waals surface area contributed by atoms with Crippen molar-refractivity contribution >= 4 is 11.6 Å². The first-order valence-corrected chi connectivity index (χ1v) is 6.03. The van der Waals surface area contributed by atoms with Gasteiger partial charge in [0.05, 0.1) is 10.6 Å². The van der Waals surface area contributed by atoms with E-state index >= 15 is 0 Å². The van der Waals surface area contributed by atoms with E-state index in [-0.39, 0.29) is 17.7 Å². The number of rotatable bonds is 3. The molecule has 0 saturated carbocycles.